The molecule has 0 unspecified atom stereocenters. The average Bonchev–Trinajstić information content (AvgIpc) is 3.79. The number of anilines is 2. The highest BCUT2D eigenvalue weighted by molar-refractivity contribution is 7.99. The fourth-order valence-corrected chi connectivity index (χ4v) is 5.12. The highest BCUT2D eigenvalue weighted by Gasteiger charge is 2.36. The number of carbonyl (C=O) groups is 1. The van der Waals surface area contributed by atoms with Crippen molar-refractivity contribution in [2.45, 2.75) is 62.7 Å². The summed E-state index contributed by atoms with van der Waals surface area (Å²) in [5, 5.41) is 9.51. The van der Waals surface area contributed by atoms with Gasteiger partial charge in [0.2, 0.25) is 5.91 Å². The van der Waals surface area contributed by atoms with Gasteiger partial charge in [-0.15, -0.1) is 10.2 Å². The lowest BCUT2D eigenvalue weighted by molar-refractivity contribution is -0.116. The predicted molar refractivity (Wildman–Crippen MR) is 135 cm³/mol. The van der Waals surface area contributed by atoms with Crippen molar-refractivity contribution >= 4 is 29.2 Å². The summed E-state index contributed by atoms with van der Waals surface area (Å²) in [6.45, 7) is 2.41. The van der Waals surface area contributed by atoms with Crippen LogP contribution in [0.3, 0.4) is 0 Å². The maximum Gasteiger partial charge on any atom is 0.330 e. The Labute approximate surface area is 206 Å². The number of nitrogens with one attached hydrogen (secondary N) is 1. The van der Waals surface area contributed by atoms with E-state index in [0.29, 0.717) is 24.9 Å². The summed E-state index contributed by atoms with van der Waals surface area (Å²) in [4.78, 5) is 42.5. The highest BCUT2D eigenvalue weighted by atomic mass is 32.2. The van der Waals surface area contributed by atoms with Crippen LogP contribution < -0.4 is 21.9 Å². The van der Waals surface area contributed by atoms with Gasteiger partial charge in [0, 0.05) is 18.5 Å². The summed E-state index contributed by atoms with van der Waals surface area (Å²) in [5.41, 5.74) is 5.93. The molecule has 1 amide bonds. The largest absolute Gasteiger partial charge is 0.383 e. The summed E-state index contributed by atoms with van der Waals surface area (Å²) in [6.07, 6.45) is 5.11. The molecular weight excluding hydrogens is 466 g/mol. The van der Waals surface area contributed by atoms with Crippen LogP contribution in [0.25, 0.3) is 0 Å². The number of aromatic nitrogens is 5. The summed E-state index contributed by atoms with van der Waals surface area (Å²) >= 11 is 1.34. The summed E-state index contributed by atoms with van der Waals surface area (Å²) < 4.78 is 3.49. The van der Waals surface area contributed by atoms with Gasteiger partial charge in [-0.2, -0.15) is 0 Å². The number of aromatic amines is 1. The number of nitrogen functional groups attached to an aromatic ring is 1. The molecule has 2 aromatic heterocycles. The van der Waals surface area contributed by atoms with Crippen molar-refractivity contribution < 1.29 is 4.79 Å². The zero-order valence-electron chi connectivity index (χ0n) is 19.6. The van der Waals surface area contributed by atoms with Crippen LogP contribution in [0.2, 0.25) is 0 Å². The van der Waals surface area contributed by atoms with Gasteiger partial charge in [0.1, 0.15) is 11.6 Å². The van der Waals surface area contributed by atoms with E-state index in [9.17, 15) is 14.4 Å². The molecule has 3 N–H and O–H groups in total. The lowest BCUT2D eigenvalue weighted by atomic mass is 10.2. The third-order valence-corrected chi connectivity index (χ3v) is 7.21. The average molecular weight is 496 g/mol. The van der Waals surface area contributed by atoms with Crippen molar-refractivity contribution in [1.82, 2.24) is 24.3 Å². The van der Waals surface area contributed by atoms with Gasteiger partial charge in [-0.05, 0) is 37.7 Å². The molecule has 0 atom stereocenters. The Morgan fingerprint density at radius 1 is 1.17 bits per heavy atom. The number of nitrogens with two attached hydrogens (primary N) is 1. The normalized spacial score (nSPS) is 15.3. The molecule has 5 rings (SSSR count). The van der Waals surface area contributed by atoms with Crippen LogP contribution in [0.15, 0.2) is 45.1 Å². The lowest BCUT2D eigenvalue weighted by Crippen LogP contribution is -2.42. The highest BCUT2D eigenvalue weighted by Crippen LogP contribution is 2.46. The maximum atomic E-state index is 13.4. The van der Waals surface area contributed by atoms with Crippen LogP contribution in [0.4, 0.5) is 11.5 Å². The van der Waals surface area contributed by atoms with Gasteiger partial charge in [-0.1, -0.05) is 49.0 Å². The van der Waals surface area contributed by atoms with Crippen LogP contribution in [-0.2, 0) is 11.3 Å². The summed E-state index contributed by atoms with van der Waals surface area (Å²) in [7, 11) is 0. The Morgan fingerprint density at radius 2 is 1.91 bits per heavy atom. The zero-order valence-corrected chi connectivity index (χ0v) is 20.5. The molecule has 0 saturated heterocycles. The summed E-state index contributed by atoms with van der Waals surface area (Å²) in [6, 6.07) is 9.77. The minimum absolute atomic E-state index is 0.00955. The molecule has 2 aliphatic carbocycles. The number of rotatable bonds is 10. The Balaban J connectivity index is 1.40. The van der Waals surface area contributed by atoms with E-state index in [1.165, 1.54) is 21.2 Å². The first-order valence-electron chi connectivity index (χ1n) is 12.0. The fraction of sp³-hybridized carbons (Fsp3) is 0.458. The molecule has 11 heteroatoms. The molecule has 0 spiro atoms. The molecule has 0 bridgehead atoms. The second-order valence-corrected chi connectivity index (χ2v) is 10.1. The van der Waals surface area contributed by atoms with Gasteiger partial charge in [0.15, 0.2) is 10.8 Å². The van der Waals surface area contributed by atoms with Crippen LogP contribution in [0.5, 0.6) is 0 Å². The van der Waals surface area contributed by atoms with Gasteiger partial charge in [-0.3, -0.25) is 19.1 Å². The molecule has 10 nitrogen and oxygen atoms in total. The number of nitrogens with zero attached hydrogens (tertiary/aromatic N) is 5. The van der Waals surface area contributed by atoms with Crippen molar-refractivity contribution in [1.29, 1.82) is 0 Å². The minimum Gasteiger partial charge on any atom is -0.383 e. The van der Waals surface area contributed by atoms with E-state index < -0.39 is 11.2 Å². The van der Waals surface area contributed by atoms with E-state index in [2.05, 4.69) is 19.7 Å². The minimum atomic E-state index is -0.666. The van der Waals surface area contributed by atoms with E-state index in [0.717, 1.165) is 42.2 Å². The van der Waals surface area contributed by atoms with Gasteiger partial charge in [0.05, 0.1) is 12.3 Å². The molecule has 0 radical (unpaired) electrons. The standard InChI is InChI=1S/C24H29N7O3S/c1-2-12-29(18(32)14-35-24-28-27-21(16-8-9-16)31(24)17-10-11-17)19-20(25)30(23(34)26-22(19)33)13-15-6-4-3-5-7-15/h3-7,16-17H,2,8-14,25H2,1H3,(H,26,33,34). The van der Waals surface area contributed by atoms with E-state index in [1.807, 2.05) is 37.3 Å². The first kappa shape index (κ1) is 23.4. The third kappa shape index (κ3) is 4.90. The first-order chi connectivity index (χ1) is 17.0. The van der Waals surface area contributed by atoms with Gasteiger partial charge in [-0.25, -0.2) is 4.79 Å². The first-order valence-corrected chi connectivity index (χ1v) is 13.0. The Kier molecular flexibility index (Phi) is 6.50. The molecule has 2 heterocycles. The van der Waals surface area contributed by atoms with E-state index in [4.69, 9.17) is 5.73 Å². The predicted octanol–water partition coefficient (Wildman–Crippen LogP) is 2.51. The lowest BCUT2D eigenvalue weighted by Gasteiger charge is -2.24. The summed E-state index contributed by atoms with van der Waals surface area (Å²) in [5.74, 6) is 1.31. The van der Waals surface area contributed by atoms with Crippen molar-refractivity contribution in [3.63, 3.8) is 0 Å². The Bertz CT molecular complexity index is 1340. The van der Waals surface area contributed by atoms with Crippen molar-refractivity contribution in [2.75, 3.05) is 22.9 Å². The number of benzene rings is 1. The molecule has 35 heavy (non-hydrogen) atoms. The SMILES string of the molecule is CCCN(C(=O)CSc1nnc(C2CC2)n1C1CC1)c1c(N)n(Cc2ccccc2)c(=O)[nH]c1=O. The monoisotopic (exact) mass is 495 g/mol. The van der Waals surface area contributed by atoms with Crippen LogP contribution in [0, 0.1) is 0 Å². The third-order valence-electron chi connectivity index (χ3n) is 6.29. The molecule has 1 aromatic carbocycles. The van der Waals surface area contributed by atoms with Crippen molar-refractivity contribution in [3.8, 4) is 0 Å². The molecule has 2 aliphatic rings. The van der Waals surface area contributed by atoms with Gasteiger partial charge < -0.3 is 15.2 Å². The van der Waals surface area contributed by atoms with Crippen LogP contribution in [0.1, 0.15) is 62.4 Å². The van der Waals surface area contributed by atoms with E-state index >= 15 is 0 Å². The molecule has 2 fully saturated rings. The van der Waals surface area contributed by atoms with E-state index in [1.54, 1.807) is 0 Å². The Hall–Kier alpha value is -3.34. The molecule has 2 saturated carbocycles. The van der Waals surface area contributed by atoms with Gasteiger partial charge >= 0.3 is 5.69 Å². The number of hydrogen-bond donors (Lipinski definition) is 2. The smallest absolute Gasteiger partial charge is 0.330 e. The second-order valence-electron chi connectivity index (χ2n) is 9.12. The number of H-pyrrole nitrogens is 1. The number of thioether (sulfide) groups is 1. The Morgan fingerprint density at radius 3 is 2.57 bits per heavy atom. The van der Waals surface area contributed by atoms with Gasteiger partial charge in [0.25, 0.3) is 5.56 Å². The molecule has 3 aromatic rings. The number of carbonyl (C=O) groups excluding carboxylic acids is 1. The fourth-order valence-electron chi connectivity index (χ4n) is 4.23. The topological polar surface area (TPSA) is 132 Å². The number of hydrogen-bond acceptors (Lipinski definition) is 7. The zero-order chi connectivity index (χ0) is 24.5. The second kappa shape index (κ2) is 9.73. The van der Waals surface area contributed by atoms with Crippen LogP contribution in [-0.4, -0.2) is 42.5 Å². The maximum absolute atomic E-state index is 13.4. The van der Waals surface area contributed by atoms with Crippen molar-refractivity contribution in [2.24, 2.45) is 0 Å². The molecule has 0 aliphatic heterocycles. The molecular formula is C24H29N7O3S. The number of amides is 1. The van der Waals surface area contributed by atoms with Crippen LogP contribution >= 0.6 is 11.8 Å². The molecule has 184 valence electrons. The quantitative estimate of drug-likeness (QED) is 0.413. The van der Waals surface area contributed by atoms with Crippen molar-refractivity contribution in [3.05, 3.63) is 62.6 Å². The van der Waals surface area contributed by atoms with E-state index in [-0.39, 0.29) is 29.7 Å².